The molecule has 0 amide bonds. The van der Waals surface area contributed by atoms with Gasteiger partial charge in [-0.15, -0.1) is 0 Å². The molecule has 0 radical (unpaired) electrons. The molecule has 6 heteroatoms. The topological polar surface area (TPSA) is 65.8 Å². The smallest absolute Gasteiger partial charge is 0.165 e. The number of benzene rings is 3. The number of hydrogen-bond acceptors (Lipinski definition) is 5. The number of aromatic hydroxyl groups is 2. The fourth-order valence-corrected chi connectivity index (χ4v) is 4.24. The number of aryl methyl sites for hydroxylation is 1. The number of rotatable bonds is 3. The Labute approximate surface area is 185 Å². The molecule has 1 aromatic heterocycles. The summed E-state index contributed by atoms with van der Waals surface area (Å²) in [5.41, 5.74) is 4.64. The van der Waals surface area contributed by atoms with Gasteiger partial charge in [-0.1, -0.05) is 18.2 Å². The van der Waals surface area contributed by atoms with E-state index in [0.717, 1.165) is 27.6 Å². The van der Waals surface area contributed by atoms with Crippen LogP contribution in [0.2, 0.25) is 0 Å². The van der Waals surface area contributed by atoms with Gasteiger partial charge in [-0.3, -0.25) is 4.90 Å². The van der Waals surface area contributed by atoms with Gasteiger partial charge in [0.25, 0.3) is 0 Å². The molecule has 3 aromatic carbocycles. The van der Waals surface area contributed by atoms with Crippen LogP contribution < -0.4 is 4.74 Å². The Kier molecular flexibility index (Phi) is 5.15. The van der Waals surface area contributed by atoms with E-state index in [-0.39, 0.29) is 17.3 Å². The second-order valence-corrected chi connectivity index (χ2v) is 8.16. The van der Waals surface area contributed by atoms with E-state index >= 15 is 0 Å². The number of phenols is 2. The zero-order valence-corrected chi connectivity index (χ0v) is 17.7. The number of fused-ring (bicyclic) bond motifs is 2. The van der Waals surface area contributed by atoms with Gasteiger partial charge in [0.05, 0.1) is 11.2 Å². The van der Waals surface area contributed by atoms with Crippen molar-refractivity contribution in [2.75, 3.05) is 13.2 Å². The first-order valence-corrected chi connectivity index (χ1v) is 10.5. The second-order valence-electron chi connectivity index (χ2n) is 8.16. The molecule has 0 aliphatic carbocycles. The fraction of sp³-hybridized carbons (Fsp3) is 0.192. The number of hydrogen-bond donors (Lipinski definition) is 2. The Hall–Kier alpha value is -3.64. The van der Waals surface area contributed by atoms with Gasteiger partial charge in [-0.2, -0.15) is 0 Å². The third-order valence-corrected chi connectivity index (χ3v) is 5.85. The Morgan fingerprint density at radius 3 is 2.72 bits per heavy atom. The lowest BCUT2D eigenvalue weighted by Gasteiger charge is -2.20. The Balaban J connectivity index is 1.52. The van der Waals surface area contributed by atoms with Crippen LogP contribution in [0.3, 0.4) is 0 Å². The van der Waals surface area contributed by atoms with Crippen molar-refractivity contribution in [3.05, 3.63) is 83.2 Å². The van der Waals surface area contributed by atoms with Crippen LogP contribution in [0, 0.1) is 12.7 Å². The summed E-state index contributed by atoms with van der Waals surface area (Å²) in [5, 5.41) is 21.7. The minimum atomic E-state index is -0.334. The first-order chi connectivity index (χ1) is 15.5. The first kappa shape index (κ1) is 20.3. The molecule has 1 aliphatic rings. The van der Waals surface area contributed by atoms with E-state index in [1.807, 2.05) is 31.2 Å². The summed E-state index contributed by atoms with van der Waals surface area (Å²) >= 11 is 0. The van der Waals surface area contributed by atoms with E-state index in [0.29, 0.717) is 43.2 Å². The fourth-order valence-electron chi connectivity index (χ4n) is 4.24. The molecular formula is C26H23FN2O3. The average molecular weight is 430 g/mol. The molecule has 0 spiro atoms. The van der Waals surface area contributed by atoms with Crippen LogP contribution in [0.5, 0.6) is 17.2 Å². The lowest BCUT2D eigenvalue weighted by Crippen LogP contribution is -2.25. The van der Waals surface area contributed by atoms with Gasteiger partial charge < -0.3 is 14.9 Å². The van der Waals surface area contributed by atoms with Gasteiger partial charge in [0.2, 0.25) is 0 Å². The van der Waals surface area contributed by atoms with E-state index in [1.165, 1.54) is 12.1 Å². The summed E-state index contributed by atoms with van der Waals surface area (Å²) in [7, 11) is 0. The number of halogens is 1. The number of nitrogens with zero attached hydrogens (tertiary/aromatic N) is 2. The van der Waals surface area contributed by atoms with Crippen LogP contribution in [-0.2, 0) is 13.1 Å². The lowest BCUT2D eigenvalue weighted by atomic mass is 10.0. The molecule has 0 fully saturated rings. The third-order valence-electron chi connectivity index (χ3n) is 5.85. The maximum absolute atomic E-state index is 13.8. The van der Waals surface area contributed by atoms with E-state index < -0.39 is 0 Å². The minimum Gasteiger partial charge on any atom is -0.508 e. The van der Waals surface area contributed by atoms with Crippen LogP contribution in [0.25, 0.3) is 22.2 Å². The van der Waals surface area contributed by atoms with Gasteiger partial charge in [0, 0.05) is 47.8 Å². The molecule has 2 heterocycles. The van der Waals surface area contributed by atoms with Gasteiger partial charge in [-0.05, 0) is 48.9 Å². The number of para-hydroxylation sites is 1. The van der Waals surface area contributed by atoms with Crippen LogP contribution in [0.4, 0.5) is 4.39 Å². The summed E-state index contributed by atoms with van der Waals surface area (Å²) in [4.78, 5) is 6.81. The Morgan fingerprint density at radius 1 is 1.03 bits per heavy atom. The van der Waals surface area contributed by atoms with Gasteiger partial charge in [0.1, 0.15) is 18.2 Å². The highest BCUT2D eigenvalue weighted by Gasteiger charge is 2.21. The molecule has 0 saturated carbocycles. The van der Waals surface area contributed by atoms with Crippen LogP contribution >= 0.6 is 0 Å². The maximum atomic E-state index is 13.8. The highest BCUT2D eigenvalue weighted by Crippen LogP contribution is 2.38. The van der Waals surface area contributed by atoms with Crippen molar-refractivity contribution in [3.8, 4) is 28.5 Å². The monoisotopic (exact) mass is 430 g/mol. The van der Waals surface area contributed by atoms with Crippen LogP contribution in [0.1, 0.15) is 16.7 Å². The van der Waals surface area contributed by atoms with Crippen molar-refractivity contribution in [3.63, 3.8) is 0 Å². The number of pyridine rings is 1. The van der Waals surface area contributed by atoms with Crippen molar-refractivity contribution in [1.29, 1.82) is 0 Å². The van der Waals surface area contributed by atoms with Crippen LogP contribution in [-0.4, -0.2) is 33.2 Å². The molecule has 5 nitrogen and oxygen atoms in total. The maximum Gasteiger partial charge on any atom is 0.165 e. The molecule has 0 saturated heterocycles. The quantitative estimate of drug-likeness (QED) is 0.470. The predicted octanol–water partition coefficient (Wildman–Crippen LogP) is 5.16. The number of phenolic OH excluding ortho intramolecular Hbond substituents is 2. The van der Waals surface area contributed by atoms with Gasteiger partial charge in [0.15, 0.2) is 11.5 Å². The molecule has 5 rings (SSSR count). The first-order valence-electron chi connectivity index (χ1n) is 10.5. The highest BCUT2D eigenvalue weighted by atomic mass is 19.1. The molecular weight excluding hydrogens is 407 g/mol. The zero-order chi connectivity index (χ0) is 22.2. The highest BCUT2D eigenvalue weighted by molar-refractivity contribution is 5.85. The summed E-state index contributed by atoms with van der Waals surface area (Å²) in [6, 6.07) is 17.4. The van der Waals surface area contributed by atoms with Gasteiger partial charge >= 0.3 is 0 Å². The summed E-state index contributed by atoms with van der Waals surface area (Å²) in [6.07, 6.45) is 0. The van der Waals surface area contributed by atoms with Crippen molar-refractivity contribution in [2.45, 2.75) is 20.0 Å². The normalized spacial score (nSPS) is 14.1. The minimum absolute atomic E-state index is 0.0562. The molecule has 0 unspecified atom stereocenters. The molecule has 162 valence electrons. The predicted molar refractivity (Wildman–Crippen MR) is 121 cm³/mol. The second kappa shape index (κ2) is 8.13. The Morgan fingerprint density at radius 2 is 1.88 bits per heavy atom. The third kappa shape index (κ3) is 3.85. The van der Waals surface area contributed by atoms with Crippen molar-refractivity contribution >= 4 is 10.9 Å². The molecule has 2 N–H and O–H groups in total. The van der Waals surface area contributed by atoms with E-state index in [2.05, 4.69) is 9.88 Å². The molecule has 4 aromatic rings. The molecule has 0 atom stereocenters. The van der Waals surface area contributed by atoms with Crippen LogP contribution in [0.15, 0.2) is 60.7 Å². The van der Waals surface area contributed by atoms with E-state index in [4.69, 9.17) is 4.74 Å². The van der Waals surface area contributed by atoms with Gasteiger partial charge in [-0.25, -0.2) is 9.37 Å². The van der Waals surface area contributed by atoms with Crippen molar-refractivity contribution in [2.24, 2.45) is 0 Å². The van der Waals surface area contributed by atoms with Crippen molar-refractivity contribution < 1.29 is 19.3 Å². The molecule has 32 heavy (non-hydrogen) atoms. The SMILES string of the molecule is Cc1cc(-c2cc(O)c3c(c2)CN(Cc2ccccc2O)CCO3)nc2cc(F)ccc12. The number of ether oxygens (including phenoxy) is 1. The lowest BCUT2D eigenvalue weighted by molar-refractivity contribution is 0.215. The molecule has 1 aliphatic heterocycles. The van der Waals surface area contributed by atoms with E-state index in [9.17, 15) is 14.6 Å². The summed E-state index contributed by atoms with van der Waals surface area (Å²) in [5.74, 6) is 0.454. The molecule has 0 bridgehead atoms. The van der Waals surface area contributed by atoms with E-state index in [1.54, 1.807) is 24.3 Å². The average Bonchev–Trinajstić information content (AvgIpc) is 2.97. The zero-order valence-electron chi connectivity index (χ0n) is 17.7. The standard InChI is InChI=1S/C26H23FN2O3/c1-16-10-22(28-23-13-20(27)6-7-21(16)23)18-11-19-15-29(8-9-32-26(19)25(31)12-18)14-17-4-2-3-5-24(17)30/h2-7,10-13,30-31H,8-9,14-15H2,1H3. The van der Waals surface area contributed by atoms with Crippen molar-refractivity contribution in [1.82, 2.24) is 9.88 Å². The number of aromatic nitrogens is 1. The largest absolute Gasteiger partial charge is 0.508 e. The Bertz CT molecular complexity index is 1320. The summed E-state index contributed by atoms with van der Waals surface area (Å²) < 4.78 is 19.6. The summed E-state index contributed by atoms with van der Waals surface area (Å²) in [6.45, 7) is 4.16.